The molecule has 1 heterocycles. The molecule has 0 aromatic carbocycles. The molecule has 6 nitrogen and oxygen atoms in total. The van der Waals surface area contributed by atoms with Crippen molar-refractivity contribution >= 4 is 5.91 Å². The summed E-state index contributed by atoms with van der Waals surface area (Å²) < 4.78 is 1.21. The molecule has 1 amide bonds. The van der Waals surface area contributed by atoms with Gasteiger partial charge in [0.15, 0.2) is 0 Å². The molecule has 0 radical (unpaired) electrons. The van der Waals surface area contributed by atoms with E-state index in [4.69, 9.17) is 0 Å². The number of hydrogen-bond donors (Lipinski definition) is 2. The van der Waals surface area contributed by atoms with Gasteiger partial charge in [0.25, 0.3) is 5.56 Å². The number of aromatic nitrogens is 2. The lowest BCUT2D eigenvalue weighted by atomic mass is 9.97. The average Bonchev–Trinajstić information content (AvgIpc) is 2.36. The highest BCUT2D eigenvalue weighted by atomic mass is 16.2. The number of H-pyrrole nitrogens is 1. The maximum Gasteiger partial charge on any atom is 0.328 e. The van der Waals surface area contributed by atoms with Crippen LogP contribution in [0.15, 0.2) is 21.9 Å². The van der Waals surface area contributed by atoms with Gasteiger partial charge in [0.05, 0.1) is 0 Å². The summed E-state index contributed by atoms with van der Waals surface area (Å²) >= 11 is 0. The van der Waals surface area contributed by atoms with E-state index >= 15 is 0 Å². The number of amides is 1. The Labute approximate surface area is 117 Å². The molecule has 20 heavy (non-hydrogen) atoms. The van der Waals surface area contributed by atoms with E-state index in [2.05, 4.69) is 10.3 Å². The maximum absolute atomic E-state index is 12.0. The Balaban J connectivity index is 1.90. The fourth-order valence-corrected chi connectivity index (χ4v) is 2.60. The van der Waals surface area contributed by atoms with Gasteiger partial charge in [0.2, 0.25) is 5.91 Å². The first-order chi connectivity index (χ1) is 9.65. The summed E-state index contributed by atoms with van der Waals surface area (Å²) in [6.07, 6.45) is 9.38. The zero-order valence-corrected chi connectivity index (χ0v) is 11.6. The largest absolute Gasteiger partial charge is 0.352 e. The molecule has 1 aromatic heterocycles. The van der Waals surface area contributed by atoms with Crippen molar-refractivity contribution in [3.8, 4) is 0 Å². The monoisotopic (exact) mass is 279 g/mol. The number of carbonyl (C=O) groups excluding carboxylic acids is 1. The van der Waals surface area contributed by atoms with Crippen LogP contribution >= 0.6 is 0 Å². The van der Waals surface area contributed by atoms with Gasteiger partial charge in [-0.15, -0.1) is 0 Å². The van der Waals surface area contributed by atoms with E-state index < -0.39 is 11.2 Å². The molecule has 6 heteroatoms. The quantitative estimate of drug-likeness (QED) is 0.857. The molecule has 0 spiro atoms. The highest BCUT2D eigenvalue weighted by molar-refractivity contribution is 5.76. The van der Waals surface area contributed by atoms with E-state index in [0.29, 0.717) is 0 Å². The predicted molar refractivity (Wildman–Crippen MR) is 75.6 cm³/mol. The van der Waals surface area contributed by atoms with Crippen molar-refractivity contribution in [1.29, 1.82) is 0 Å². The molecule has 0 atom stereocenters. The smallest absolute Gasteiger partial charge is 0.328 e. The minimum atomic E-state index is -0.551. The highest BCUT2D eigenvalue weighted by Crippen LogP contribution is 2.16. The SMILES string of the molecule is O=C(Cn1ccc(=O)[nH]c1=O)NC1CCCCCCC1. The molecule has 0 aliphatic heterocycles. The molecule has 0 unspecified atom stereocenters. The zero-order chi connectivity index (χ0) is 14.4. The van der Waals surface area contributed by atoms with E-state index in [0.717, 1.165) is 25.7 Å². The normalized spacial score (nSPS) is 17.2. The van der Waals surface area contributed by atoms with Crippen LogP contribution in [-0.4, -0.2) is 21.5 Å². The van der Waals surface area contributed by atoms with E-state index in [9.17, 15) is 14.4 Å². The molecule has 2 N–H and O–H groups in total. The van der Waals surface area contributed by atoms with Crippen molar-refractivity contribution in [3.63, 3.8) is 0 Å². The van der Waals surface area contributed by atoms with Crippen LogP contribution in [0.25, 0.3) is 0 Å². The highest BCUT2D eigenvalue weighted by Gasteiger charge is 2.14. The summed E-state index contributed by atoms with van der Waals surface area (Å²) in [6, 6.07) is 1.45. The van der Waals surface area contributed by atoms with Crippen LogP contribution in [0.4, 0.5) is 0 Å². The number of hydrogen-bond acceptors (Lipinski definition) is 3. The van der Waals surface area contributed by atoms with Crippen molar-refractivity contribution in [2.24, 2.45) is 0 Å². The van der Waals surface area contributed by atoms with Crippen molar-refractivity contribution in [2.75, 3.05) is 0 Å². The molecule has 1 saturated carbocycles. The van der Waals surface area contributed by atoms with Crippen LogP contribution in [0.5, 0.6) is 0 Å². The van der Waals surface area contributed by atoms with Gasteiger partial charge in [-0.05, 0) is 12.8 Å². The minimum absolute atomic E-state index is 0.0495. The van der Waals surface area contributed by atoms with E-state index in [1.165, 1.54) is 36.1 Å². The summed E-state index contributed by atoms with van der Waals surface area (Å²) in [7, 11) is 0. The molecule has 1 aliphatic carbocycles. The molecular formula is C14H21N3O3. The summed E-state index contributed by atoms with van der Waals surface area (Å²) in [5.41, 5.74) is -1.00. The molecule has 0 saturated heterocycles. The van der Waals surface area contributed by atoms with Gasteiger partial charge in [-0.3, -0.25) is 19.1 Å². The number of rotatable bonds is 3. The Morgan fingerprint density at radius 1 is 1.20 bits per heavy atom. The summed E-state index contributed by atoms with van der Waals surface area (Å²) in [6.45, 7) is -0.0495. The van der Waals surface area contributed by atoms with Crippen molar-refractivity contribution in [3.05, 3.63) is 33.1 Å². The van der Waals surface area contributed by atoms with Gasteiger partial charge in [-0.2, -0.15) is 0 Å². The van der Waals surface area contributed by atoms with Crippen LogP contribution in [0.3, 0.4) is 0 Å². The first kappa shape index (κ1) is 14.6. The van der Waals surface area contributed by atoms with Gasteiger partial charge in [0.1, 0.15) is 6.54 Å². The number of nitrogens with zero attached hydrogens (tertiary/aromatic N) is 1. The van der Waals surface area contributed by atoms with Crippen LogP contribution in [-0.2, 0) is 11.3 Å². The lowest BCUT2D eigenvalue weighted by molar-refractivity contribution is -0.122. The van der Waals surface area contributed by atoms with Crippen LogP contribution in [0.2, 0.25) is 0 Å². The second-order valence-electron chi connectivity index (χ2n) is 5.35. The third-order valence-corrected chi connectivity index (χ3v) is 3.68. The first-order valence-electron chi connectivity index (χ1n) is 7.24. The second-order valence-corrected chi connectivity index (χ2v) is 5.35. The number of aromatic amines is 1. The molecule has 1 aromatic rings. The zero-order valence-electron chi connectivity index (χ0n) is 11.6. The lowest BCUT2D eigenvalue weighted by Gasteiger charge is -2.21. The Bertz CT molecular complexity index is 553. The standard InChI is InChI=1S/C14H21N3O3/c18-12-8-9-17(14(20)16-12)10-13(19)15-11-6-4-2-1-3-5-7-11/h8-9,11H,1-7,10H2,(H,15,19)(H,16,18,20). The van der Waals surface area contributed by atoms with Crippen LogP contribution < -0.4 is 16.6 Å². The third-order valence-electron chi connectivity index (χ3n) is 3.68. The Hall–Kier alpha value is -1.85. The van der Waals surface area contributed by atoms with Crippen molar-refractivity contribution < 1.29 is 4.79 Å². The van der Waals surface area contributed by atoms with Crippen LogP contribution in [0, 0.1) is 0 Å². The molecule has 1 aliphatic rings. The Kier molecular flexibility index (Phi) is 5.15. The van der Waals surface area contributed by atoms with Gasteiger partial charge >= 0.3 is 5.69 Å². The fourth-order valence-electron chi connectivity index (χ4n) is 2.60. The number of nitrogens with one attached hydrogen (secondary N) is 2. The van der Waals surface area contributed by atoms with Crippen molar-refractivity contribution in [2.45, 2.75) is 57.5 Å². The molecule has 0 bridgehead atoms. The van der Waals surface area contributed by atoms with Gasteiger partial charge in [-0.25, -0.2) is 4.79 Å². The molecule has 1 fully saturated rings. The molecular weight excluding hydrogens is 258 g/mol. The molecule has 2 rings (SSSR count). The topological polar surface area (TPSA) is 84.0 Å². The second kappa shape index (κ2) is 7.07. The Morgan fingerprint density at radius 2 is 1.85 bits per heavy atom. The maximum atomic E-state index is 12.0. The van der Waals surface area contributed by atoms with Gasteiger partial charge in [-0.1, -0.05) is 32.1 Å². The summed E-state index contributed by atoms with van der Waals surface area (Å²) in [5, 5.41) is 2.99. The predicted octanol–water partition coefficient (Wildman–Crippen LogP) is 0.766. The average molecular weight is 279 g/mol. The first-order valence-corrected chi connectivity index (χ1v) is 7.24. The third kappa shape index (κ3) is 4.36. The summed E-state index contributed by atoms with van der Waals surface area (Å²) in [4.78, 5) is 36.5. The summed E-state index contributed by atoms with van der Waals surface area (Å²) in [5.74, 6) is -0.176. The number of carbonyl (C=O) groups is 1. The minimum Gasteiger partial charge on any atom is -0.352 e. The van der Waals surface area contributed by atoms with E-state index in [-0.39, 0.29) is 18.5 Å². The Morgan fingerprint density at radius 3 is 2.50 bits per heavy atom. The lowest BCUT2D eigenvalue weighted by Crippen LogP contribution is -2.40. The fraction of sp³-hybridized carbons (Fsp3) is 0.643. The van der Waals surface area contributed by atoms with E-state index in [1.54, 1.807) is 0 Å². The van der Waals surface area contributed by atoms with Gasteiger partial charge < -0.3 is 5.32 Å². The van der Waals surface area contributed by atoms with E-state index in [1.807, 2.05) is 0 Å². The van der Waals surface area contributed by atoms with Gasteiger partial charge in [0, 0.05) is 18.3 Å². The van der Waals surface area contributed by atoms with Crippen LogP contribution in [0.1, 0.15) is 44.9 Å². The van der Waals surface area contributed by atoms with Crippen molar-refractivity contribution in [1.82, 2.24) is 14.9 Å². The molecule has 110 valence electrons.